The molecule has 9 heteroatoms. The Hall–Kier alpha value is -2.82. The molecule has 232 valence electrons. The van der Waals surface area contributed by atoms with E-state index < -0.39 is 20.5 Å². The largest absolute Gasteiger partial charge is 0.491 e. The van der Waals surface area contributed by atoms with Crippen molar-refractivity contribution in [2.75, 3.05) is 46.1 Å². The molecule has 2 aliphatic rings. The first-order valence-corrected chi connectivity index (χ1v) is 21.5. The van der Waals surface area contributed by atoms with Crippen LogP contribution in [0.15, 0.2) is 53.2 Å². The second kappa shape index (κ2) is 18.8. The van der Waals surface area contributed by atoms with E-state index in [1.54, 1.807) is 0 Å². The predicted molar refractivity (Wildman–Crippen MR) is 178 cm³/mol. The van der Waals surface area contributed by atoms with Crippen LogP contribution in [0.2, 0.25) is 9.74 Å². The minimum atomic E-state index is -1.27. The number of rotatable bonds is 12. The maximum absolute atomic E-state index is 9.33. The van der Waals surface area contributed by atoms with Crippen LogP contribution in [0.5, 0.6) is 11.5 Å². The Balaban J connectivity index is 0.000000236. The van der Waals surface area contributed by atoms with Gasteiger partial charge in [0.25, 0.3) is 0 Å². The molecule has 2 heterocycles. The van der Waals surface area contributed by atoms with Crippen molar-refractivity contribution in [3.05, 3.63) is 76.0 Å². The zero-order valence-electron chi connectivity index (χ0n) is 26.7. The van der Waals surface area contributed by atoms with E-state index in [-0.39, 0.29) is 6.29 Å². The van der Waals surface area contributed by atoms with Gasteiger partial charge in [-0.15, -0.1) is 0 Å². The number of aryl methyl sites for hydroxylation is 3. The zero-order chi connectivity index (χ0) is 31.0. The van der Waals surface area contributed by atoms with Crippen LogP contribution in [0.4, 0.5) is 0 Å². The van der Waals surface area contributed by atoms with Gasteiger partial charge in [0, 0.05) is 19.6 Å². The van der Waals surface area contributed by atoms with Crippen molar-refractivity contribution < 1.29 is 14.2 Å². The molecular formula is C34H48N5O3Sb. The van der Waals surface area contributed by atoms with E-state index in [1.807, 2.05) is 44.3 Å². The molecule has 2 aromatic rings. The summed E-state index contributed by atoms with van der Waals surface area (Å²) in [6, 6.07) is 12.5. The Labute approximate surface area is 266 Å². The van der Waals surface area contributed by atoms with E-state index in [0.717, 1.165) is 68.4 Å². The van der Waals surface area contributed by atoms with Gasteiger partial charge in [-0.25, -0.2) is 0 Å². The fraction of sp³-hybridized carbons (Fsp3) is 0.471. The van der Waals surface area contributed by atoms with Gasteiger partial charge in [0.15, 0.2) is 0 Å². The molecule has 0 bridgehead atoms. The molecule has 2 aliphatic heterocycles. The van der Waals surface area contributed by atoms with Gasteiger partial charge in [0.2, 0.25) is 0 Å². The Kier molecular flexibility index (Phi) is 15.1. The number of ether oxygens (including phenoxy) is 3. The quantitative estimate of drug-likeness (QED) is 0.279. The van der Waals surface area contributed by atoms with Crippen LogP contribution in [-0.4, -0.2) is 84.0 Å². The average Bonchev–Trinajstić information content (AvgIpc) is 2.99. The van der Waals surface area contributed by atoms with Crippen molar-refractivity contribution in [3.8, 4) is 17.6 Å². The number of nitrogens with zero attached hydrogens (tertiary/aromatic N) is 3. The molecule has 1 unspecified atom stereocenters. The third-order valence-corrected chi connectivity index (χ3v) is 9.13. The minimum absolute atomic E-state index is 0.00166. The number of nitrogens with one attached hydrogen (secondary N) is 2. The van der Waals surface area contributed by atoms with Gasteiger partial charge in [0.05, 0.1) is 18.8 Å². The molecular weight excluding hydrogens is 648 g/mol. The summed E-state index contributed by atoms with van der Waals surface area (Å²) in [5, 5.41) is 12.7. The first kappa shape index (κ1) is 34.7. The smallest absolute Gasteiger partial charge is 0.140 e. The summed E-state index contributed by atoms with van der Waals surface area (Å²) in [7, 11) is 0. The number of morpholine rings is 1. The second-order valence-corrected chi connectivity index (χ2v) is 16.7. The molecule has 2 N–H and O–H groups in total. The van der Waals surface area contributed by atoms with E-state index in [2.05, 4.69) is 72.6 Å². The molecule has 0 radical (unpaired) electrons. The fourth-order valence-electron chi connectivity index (χ4n) is 4.77. The maximum Gasteiger partial charge on any atom is 0.140 e. The molecule has 4 rings (SSSR count). The monoisotopic (exact) mass is 695 g/mol. The van der Waals surface area contributed by atoms with Crippen LogP contribution in [0, 0.1) is 25.2 Å². The van der Waals surface area contributed by atoms with Gasteiger partial charge in [-0.05, 0) is 30.5 Å². The van der Waals surface area contributed by atoms with E-state index in [9.17, 15) is 5.26 Å². The number of allylic oxidation sites excluding steroid dienone is 2. The third-order valence-electron chi connectivity index (χ3n) is 6.96. The molecule has 0 aromatic heterocycles. The number of benzene rings is 2. The van der Waals surface area contributed by atoms with Crippen molar-refractivity contribution >= 4 is 32.8 Å². The molecule has 0 saturated carbocycles. The molecule has 43 heavy (non-hydrogen) atoms. The number of hydrogen-bond donors (Lipinski definition) is 2. The van der Waals surface area contributed by atoms with Crippen molar-refractivity contribution in [2.24, 2.45) is 4.99 Å². The first-order valence-electron chi connectivity index (χ1n) is 15.1. The molecule has 1 atom stereocenters. The Bertz CT molecular complexity index is 1300. The Morgan fingerprint density at radius 1 is 1.16 bits per heavy atom. The van der Waals surface area contributed by atoms with Gasteiger partial charge >= 0.3 is 141 Å². The normalized spacial score (nSPS) is 16.7. The molecule has 0 amide bonds. The Morgan fingerprint density at radius 3 is 2.65 bits per heavy atom. The average molecular weight is 697 g/mol. The van der Waals surface area contributed by atoms with Gasteiger partial charge < -0.3 is 9.47 Å². The van der Waals surface area contributed by atoms with Gasteiger partial charge in [-0.2, -0.15) is 5.26 Å². The van der Waals surface area contributed by atoms with Crippen molar-refractivity contribution in [1.82, 2.24) is 13.7 Å². The minimum Gasteiger partial charge on any atom is -0.491 e. The summed E-state index contributed by atoms with van der Waals surface area (Å²) in [5.41, 5.74) is 6.41. The van der Waals surface area contributed by atoms with Crippen molar-refractivity contribution in [2.45, 2.75) is 56.6 Å². The molecule has 0 spiro atoms. The van der Waals surface area contributed by atoms with Gasteiger partial charge in [0.1, 0.15) is 18.4 Å². The molecule has 8 nitrogen and oxygen atoms in total. The van der Waals surface area contributed by atoms with E-state index in [1.165, 1.54) is 16.7 Å². The zero-order valence-corrected chi connectivity index (χ0v) is 29.2. The maximum atomic E-state index is 9.33. The summed E-state index contributed by atoms with van der Waals surface area (Å²) in [5.74, 6) is 1.63. The van der Waals surface area contributed by atoms with Gasteiger partial charge in [-0.3, -0.25) is 4.90 Å². The molecule has 1 fully saturated rings. The van der Waals surface area contributed by atoms with Crippen molar-refractivity contribution in [1.29, 1.82) is 5.26 Å². The van der Waals surface area contributed by atoms with E-state index in [4.69, 9.17) is 14.2 Å². The van der Waals surface area contributed by atoms with E-state index in [0.29, 0.717) is 18.8 Å². The number of aliphatic imine (C=N–C) groups is 1. The summed E-state index contributed by atoms with van der Waals surface area (Å²) >= 11 is -1.27. The summed E-state index contributed by atoms with van der Waals surface area (Å²) < 4.78 is 20.6. The van der Waals surface area contributed by atoms with Gasteiger partial charge in [-0.1, -0.05) is 19.4 Å². The first-order chi connectivity index (χ1) is 20.8. The second-order valence-electron chi connectivity index (χ2n) is 10.8. The standard InChI is InChI=1S/C17H24N2O2.C15H18N3O.2CH3.Sb/c1-3-4-15-11-14(2)17(16(12-15)13-18)21-10-7-19-5-8-20-9-6-19;1-3-4-12-9-14(6-5-11(12)2)19-10-13-7-8-17-15(16)18-13;;;/h11-12H,3-10H2,1-2H3;3-9,15-16,18H,10H2,1-2H3;2*1H3;/q;-1;;;+1/b;4-3-;;;. The van der Waals surface area contributed by atoms with Crippen LogP contribution in [0.25, 0.3) is 6.08 Å². The molecule has 2 aromatic carbocycles. The fourth-order valence-corrected chi connectivity index (χ4v) is 6.54. The van der Waals surface area contributed by atoms with E-state index >= 15 is 0 Å². The van der Waals surface area contributed by atoms with Crippen LogP contribution in [-0.2, 0) is 11.2 Å². The van der Waals surface area contributed by atoms with Crippen LogP contribution in [0.1, 0.15) is 48.1 Å². The van der Waals surface area contributed by atoms with Crippen molar-refractivity contribution in [3.63, 3.8) is 0 Å². The molecule has 0 aliphatic carbocycles. The number of nitriles is 1. The SMILES string of the molecule is C/C=C\c1cc(OCC2=CC=NC([NH][Sb]([CH3])[CH3])N2)ccc1C.CCCc1cc(C)c(OCCN2CCOCC2)c(C#N)c1. The van der Waals surface area contributed by atoms with Crippen LogP contribution in [0.3, 0.4) is 0 Å². The Morgan fingerprint density at radius 2 is 1.95 bits per heavy atom. The summed E-state index contributed by atoms with van der Waals surface area (Å²) in [6.07, 6.45) is 10.0. The van der Waals surface area contributed by atoms with Crippen LogP contribution >= 0.6 is 0 Å². The van der Waals surface area contributed by atoms with Crippen LogP contribution < -0.4 is 18.3 Å². The third kappa shape index (κ3) is 12.0. The predicted octanol–water partition coefficient (Wildman–Crippen LogP) is 5.62. The number of hydrogen-bond acceptors (Lipinski definition) is 8. The summed E-state index contributed by atoms with van der Waals surface area (Å²) in [6.45, 7) is 13.8. The topological polar surface area (TPSA) is 91.1 Å². The molecule has 1 saturated heterocycles. The summed E-state index contributed by atoms with van der Waals surface area (Å²) in [4.78, 5) is 11.3.